The summed E-state index contributed by atoms with van der Waals surface area (Å²) >= 11 is 0. The van der Waals surface area contributed by atoms with E-state index in [1.807, 2.05) is 24.4 Å². The van der Waals surface area contributed by atoms with Gasteiger partial charge in [0.05, 0.1) is 5.69 Å². The monoisotopic (exact) mass is 285 g/mol. The van der Waals surface area contributed by atoms with Gasteiger partial charge in [0.2, 0.25) is 5.91 Å². The molecular weight excluding hydrogens is 266 g/mol. The van der Waals surface area contributed by atoms with E-state index in [2.05, 4.69) is 27.6 Å². The summed E-state index contributed by atoms with van der Waals surface area (Å²) in [5.41, 5.74) is 0.692. The zero-order chi connectivity index (χ0) is 14.7. The smallest absolute Gasteiger partial charge is 0.227 e. The number of aromatic nitrogens is 3. The lowest BCUT2D eigenvalue weighted by Crippen LogP contribution is -2.40. The average molecular weight is 285 g/mol. The number of carbonyl (C=O) groups is 1. The summed E-state index contributed by atoms with van der Waals surface area (Å²) in [6.07, 6.45) is 6.93. The molecule has 6 nitrogen and oxygen atoms in total. The summed E-state index contributed by atoms with van der Waals surface area (Å²) in [5, 5.41) is 10.5. The van der Waals surface area contributed by atoms with E-state index in [1.54, 1.807) is 17.1 Å². The molecule has 2 N–H and O–H groups in total. The molecule has 1 aliphatic heterocycles. The van der Waals surface area contributed by atoms with Gasteiger partial charge in [-0.3, -0.25) is 4.79 Å². The molecule has 2 unspecified atom stereocenters. The topological polar surface area (TPSA) is 71.8 Å². The van der Waals surface area contributed by atoms with Crippen LogP contribution >= 0.6 is 0 Å². The number of pyridine rings is 1. The Balaban J connectivity index is 1.77. The fraction of sp³-hybridized carbons (Fsp3) is 0.400. The lowest BCUT2D eigenvalue weighted by atomic mass is 9.92. The predicted molar refractivity (Wildman–Crippen MR) is 80.2 cm³/mol. The van der Waals surface area contributed by atoms with Crippen molar-refractivity contribution in [2.75, 3.05) is 11.9 Å². The number of anilines is 1. The van der Waals surface area contributed by atoms with Gasteiger partial charge in [0.15, 0.2) is 5.82 Å². The highest BCUT2D eigenvalue weighted by Gasteiger charge is 2.25. The average Bonchev–Trinajstić information content (AvgIpc) is 3.02. The molecule has 3 rings (SSSR count). The molecule has 0 aliphatic carbocycles. The van der Waals surface area contributed by atoms with Crippen molar-refractivity contribution in [2.45, 2.75) is 25.8 Å². The van der Waals surface area contributed by atoms with Gasteiger partial charge >= 0.3 is 0 Å². The molecule has 1 saturated heterocycles. The first-order valence-corrected chi connectivity index (χ1v) is 7.23. The minimum Gasteiger partial charge on any atom is -0.323 e. The molecule has 110 valence electrons. The van der Waals surface area contributed by atoms with Gasteiger partial charge in [-0.15, -0.1) is 0 Å². The third-order valence-electron chi connectivity index (χ3n) is 3.76. The summed E-state index contributed by atoms with van der Waals surface area (Å²) in [6.45, 7) is 3.00. The first-order valence-electron chi connectivity index (χ1n) is 7.23. The molecule has 1 amide bonds. The summed E-state index contributed by atoms with van der Waals surface area (Å²) in [5.74, 6) is 0.745. The number of carbonyl (C=O) groups excluding carboxylic acids is 1. The molecule has 0 aromatic carbocycles. The highest BCUT2D eigenvalue weighted by molar-refractivity contribution is 5.94. The van der Waals surface area contributed by atoms with Crippen molar-refractivity contribution in [1.29, 1.82) is 0 Å². The normalized spacial score (nSPS) is 22.0. The Bertz CT molecular complexity index is 610. The minimum absolute atomic E-state index is 0.0481. The Kier molecular flexibility index (Phi) is 3.96. The van der Waals surface area contributed by atoms with Crippen LogP contribution in [0.4, 0.5) is 5.69 Å². The number of rotatable bonds is 3. The maximum atomic E-state index is 12.4. The molecular formula is C15H19N5O. The standard InChI is InChI=1S/C15H19N5O/c1-11-10-12(5-8-16-11)15(21)19-13-4-2-6-17-14(13)20-9-3-7-18-20/h2-4,6-7,9,11-12,16H,5,8,10H2,1H3,(H,19,21). The van der Waals surface area contributed by atoms with E-state index in [1.165, 1.54) is 0 Å². The van der Waals surface area contributed by atoms with Gasteiger partial charge in [0.1, 0.15) is 0 Å². The van der Waals surface area contributed by atoms with Crippen molar-refractivity contribution in [3.8, 4) is 5.82 Å². The zero-order valence-corrected chi connectivity index (χ0v) is 12.0. The van der Waals surface area contributed by atoms with Gasteiger partial charge in [0.25, 0.3) is 0 Å². The number of hydrogen-bond acceptors (Lipinski definition) is 4. The maximum absolute atomic E-state index is 12.4. The van der Waals surface area contributed by atoms with Gasteiger partial charge in [-0.2, -0.15) is 5.10 Å². The minimum atomic E-state index is 0.0481. The molecule has 21 heavy (non-hydrogen) atoms. The second kappa shape index (κ2) is 6.05. The Labute approximate surface area is 123 Å². The van der Waals surface area contributed by atoms with Crippen molar-refractivity contribution < 1.29 is 4.79 Å². The van der Waals surface area contributed by atoms with E-state index in [0.29, 0.717) is 17.5 Å². The number of nitrogens with zero attached hydrogens (tertiary/aromatic N) is 3. The molecule has 1 aliphatic rings. The van der Waals surface area contributed by atoms with Gasteiger partial charge in [0, 0.05) is 30.6 Å². The summed E-state index contributed by atoms with van der Waals surface area (Å²) in [6, 6.07) is 5.88. The fourth-order valence-electron chi connectivity index (χ4n) is 2.68. The molecule has 2 aromatic heterocycles. The van der Waals surface area contributed by atoms with Crippen molar-refractivity contribution in [1.82, 2.24) is 20.1 Å². The first kappa shape index (κ1) is 13.8. The number of hydrogen-bond donors (Lipinski definition) is 2. The van der Waals surface area contributed by atoms with E-state index < -0.39 is 0 Å². The molecule has 0 radical (unpaired) electrons. The van der Waals surface area contributed by atoms with Crippen LogP contribution in [0.1, 0.15) is 19.8 Å². The Morgan fingerprint density at radius 2 is 2.33 bits per heavy atom. The van der Waals surface area contributed by atoms with Crippen LogP contribution in [0.3, 0.4) is 0 Å². The Morgan fingerprint density at radius 3 is 3.10 bits per heavy atom. The molecule has 2 atom stereocenters. The lowest BCUT2D eigenvalue weighted by Gasteiger charge is -2.27. The summed E-state index contributed by atoms with van der Waals surface area (Å²) in [7, 11) is 0. The number of piperidine rings is 1. The molecule has 0 spiro atoms. The second-order valence-corrected chi connectivity index (χ2v) is 5.39. The number of amides is 1. The van der Waals surface area contributed by atoms with Gasteiger partial charge in [-0.05, 0) is 44.5 Å². The maximum Gasteiger partial charge on any atom is 0.227 e. The molecule has 0 saturated carbocycles. The number of nitrogens with one attached hydrogen (secondary N) is 2. The van der Waals surface area contributed by atoms with Crippen molar-refractivity contribution >= 4 is 11.6 Å². The van der Waals surface area contributed by atoms with E-state index >= 15 is 0 Å². The largest absolute Gasteiger partial charge is 0.323 e. The Morgan fingerprint density at radius 1 is 1.43 bits per heavy atom. The van der Waals surface area contributed by atoms with E-state index in [4.69, 9.17) is 0 Å². The van der Waals surface area contributed by atoms with Crippen LogP contribution in [-0.2, 0) is 4.79 Å². The molecule has 6 heteroatoms. The van der Waals surface area contributed by atoms with Crippen LogP contribution in [0.2, 0.25) is 0 Å². The molecule has 2 aromatic rings. The van der Waals surface area contributed by atoms with Crippen LogP contribution < -0.4 is 10.6 Å². The van der Waals surface area contributed by atoms with E-state index in [9.17, 15) is 4.79 Å². The third-order valence-corrected chi connectivity index (χ3v) is 3.76. The van der Waals surface area contributed by atoms with Crippen LogP contribution in [0, 0.1) is 5.92 Å². The zero-order valence-electron chi connectivity index (χ0n) is 12.0. The Hall–Kier alpha value is -2.21. The highest BCUT2D eigenvalue weighted by Crippen LogP contribution is 2.21. The van der Waals surface area contributed by atoms with E-state index in [-0.39, 0.29) is 11.8 Å². The quantitative estimate of drug-likeness (QED) is 0.898. The molecule has 1 fully saturated rings. The fourth-order valence-corrected chi connectivity index (χ4v) is 2.68. The predicted octanol–water partition coefficient (Wildman–Crippen LogP) is 1.59. The lowest BCUT2D eigenvalue weighted by molar-refractivity contribution is -0.120. The van der Waals surface area contributed by atoms with Crippen molar-refractivity contribution in [3.63, 3.8) is 0 Å². The van der Waals surface area contributed by atoms with Gasteiger partial charge in [-0.25, -0.2) is 9.67 Å². The molecule has 0 bridgehead atoms. The first-order chi connectivity index (χ1) is 10.2. The summed E-state index contributed by atoms with van der Waals surface area (Å²) < 4.78 is 1.65. The van der Waals surface area contributed by atoms with Gasteiger partial charge in [-0.1, -0.05) is 0 Å². The summed E-state index contributed by atoms with van der Waals surface area (Å²) in [4.78, 5) is 16.7. The SMILES string of the molecule is CC1CC(C(=O)Nc2cccnc2-n2cccn2)CCN1. The van der Waals surface area contributed by atoms with Crippen LogP contribution in [0.5, 0.6) is 0 Å². The van der Waals surface area contributed by atoms with Gasteiger partial charge < -0.3 is 10.6 Å². The van der Waals surface area contributed by atoms with Crippen LogP contribution in [0.25, 0.3) is 5.82 Å². The highest BCUT2D eigenvalue weighted by atomic mass is 16.1. The van der Waals surface area contributed by atoms with E-state index in [0.717, 1.165) is 19.4 Å². The molecule has 3 heterocycles. The van der Waals surface area contributed by atoms with Crippen molar-refractivity contribution in [2.24, 2.45) is 5.92 Å². The van der Waals surface area contributed by atoms with Crippen LogP contribution in [0.15, 0.2) is 36.8 Å². The van der Waals surface area contributed by atoms with Crippen molar-refractivity contribution in [3.05, 3.63) is 36.8 Å². The van der Waals surface area contributed by atoms with Crippen LogP contribution in [-0.4, -0.2) is 33.3 Å². The third kappa shape index (κ3) is 3.11. The second-order valence-electron chi connectivity index (χ2n) is 5.39.